The number of hydrogen-bond donors (Lipinski definition) is 1. The lowest BCUT2D eigenvalue weighted by atomic mass is 10.2. The highest BCUT2D eigenvalue weighted by molar-refractivity contribution is 7.90. The van der Waals surface area contributed by atoms with Gasteiger partial charge in [-0.15, -0.1) is 0 Å². The van der Waals surface area contributed by atoms with Crippen molar-refractivity contribution in [3.05, 3.63) is 29.0 Å². The van der Waals surface area contributed by atoms with Crippen LogP contribution in [0.2, 0.25) is 5.02 Å². The highest BCUT2D eigenvalue weighted by atomic mass is 35.5. The molecule has 0 saturated carbocycles. The number of rotatable bonds is 4. The maximum absolute atomic E-state index is 11.5. The van der Waals surface area contributed by atoms with Gasteiger partial charge in [0.1, 0.15) is 9.84 Å². The van der Waals surface area contributed by atoms with Gasteiger partial charge in [0, 0.05) is 25.2 Å². The first-order valence-electron chi connectivity index (χ1n) is 4.45. The summed E-state index contributed by atoms with van der Waals surface area (Å²) in [5.74, 6) is -0.502. The van der Waals surface area contributed by atoms with Gasteiger partial charge in [-0.25, -0.2) is 8.42 Å². The number of nitrogens with zero attached hydrogens (tertiary/aromatic N) is 1. The summed E-state index contributed by atoms with van der Waals surface area (Å²) in [4.78, 5) is 15.3. The average Bonchev–Trinajstić information content (AvgIpc) is 2.16. The fourth-order valence-electron chi connectivity index (χ4n) is 1.00. The van der Waals surface area contributed by atoms with Crippen molar-refractivity contribution in [3.63, 3.8) is 0 Å². The van der Waals surface area contributed by atoms with Gasteiger partial charge in [-0.3, -0.25) is 9.78 Å². The molecule has 7 heteroatoms. The van der Waals surface area contributed by atoms with Gasteiger partial charge in [0.15, 0.2) is 0 Å². The highest BCUT2D eigenvalue weighted by Gasteiger charge is 2.10. The fourth-order valence-corrected chi connectivity index (χ4v) is 1.68. The lowest BCUT2D eigenvalue weighted by molar-refractivity contribution is 0.0956. The molecule has 5 nitrogen and oxygen atoms in total. The monoisotopic (exact) mass is 262 g/mol. The third-order valence-corrected chi connectivity index (χ3v) is 3.02. The molecule has 0 aliphatic carbocycles. The van der Waals surface area contributed by atoms with Crippen LogP contribution in [-0.4, -0.2) is 37.9 Å². The Balaban J connectivity index is 2.57. The second-order valence-corrected chi connectivity index (χ2v) is 5.91. The van der Waals surface area contributed by atoms with Gasteiger partial charge >= 0.3 is 0 Å². The lowest BCUT2D eigenvalue weighted by Gasteiger charge is -2.05. The SMILES string of the molecule is CS(=O)(=O)CCNC(=O)c1ccncc1Cl. The predicted molar refractivity (Wildman–Crippen MR) is 61.3 cm³/mol. The molecule has 1 N–H and O–H groups in total. The van der Waals surface area contributed by atoms with E-state index in [0.717, 1.165) is 6.26 Å². The molecule has 88 valence electrons. The molecule has 16 heavy (non-hydrogen) atoms. The number of halogens is 1. The molecular weight excluding hydrogens is 252 g/mol. The predicted octanol–water partition coefficient (Wildman–Crippen LogP) is 0.509. The first-order chi connectivity index (χ1) is 7.40. The summed E-state index contributed by atoms with van der Waals surface area (Å²) in [6.07, 6.45) is 3.91. The number of pyridine rings is 1. The number of aromatic nitrogens is 1. The van der Waals surface area contributed by atoms with E-state index >= 15 is 0 Å². The van der Waals surface area contributed by atoms with E-state index in [1.807, 2.05) is 0 Å². The third kappa shape index (κ3) is 4.16. The second-order valence-electron chi connectivity index (χ2n) is 3.24. The molecule has 0 atom stereocenters. The number of carbonyl (C=O) groups is 1. The summed E-state index contributed by atoms with van der Waals surface area (Å²) in [5, 5.41) is 2.70. The highest BCUT2D eigenvalue weighted by Crippen LogP contribution is 2.12. The van der Waals surface area contributed by atoms with Crippen LogP contribution >= 0.6 is 11.6 Å². The number of sulfone groups is 1. The van der Waals surface area contributed by atoms with Crippen LogP contribution in [0.25, 0.3) is 0 Å². The van der Waals surface area contributed by atoms with Crippen molar-refractivity contribution in [1.82, 2.24) is 10.3 Å². The first-order valence-corrected chi connectivity index (χ1v) is 6.89. The summed E-state index contributed by atoms with van der Waals surface area (Å²) >= 11 is 5.75. The minimum Gasteiger partial charge on any atom is -0.351 e. The van der Waals surface area contributed by atoms with Crippen LogP contribution < -0.4 is 5.32 Å². The summed E-state index contributed by atoms with van der Waals surface area (Å²) in [6.45, 7) is 0.0658. The fraction of sp³-hybridized carbons (Fsp3) is 0.333. The molecule has 0 unspecified atom stereocenters. The van der Waals surface area contributed by atoms with Gasteiger partial charge in [0.25, 0.3) is 5.91 Å². The van der Waals surface area contributed by atoms with Crippen LogP contribution in [-0.2, 0) is 9.84 Å². The molecule has 0 bridgehead atoms. The van der Waals surface area contributed by atoms with Crippen molar-refractivity contribution >= 4 is 27.3 Å². The normalized spacial score (nSPS) is 11.1. The Kier molecular flexibility index (Phi) is 4.26. The van der Waals surface area contributed by atoms with E-state index in [-0.39, 0.29) is 22.9 Å². The van der Waals surface area contributed by atoms with Gasteiger partial charge in [0.05, 0.1) is 16.3 Å². The van der Waals surface area contributed by atoms with Crippen molar-refractivity contribution in [2.45, 2.75) is 0 Å². The van der Waals surface area contributed by atoms with E-state index in [4.69, 9.17) is 11.6 Å². The molecule has 0 aromatic carbocycles. The number of carbonyl (C=O) groups excluding carboxylic acids is 1. The second kappa shape index (κ2) is 5.27. The zero-order valence-corrected chi connectivity index (χ0v) is 10.2. The molecule has 0 spiro atoms. The van der Waals surface area contributed by atoms with Gasteiger partial charge in [0.2, 0.25) is 0 Å². The van der Waals surface area contributed by atoms with Gasteiger partial charge < -0.3 is 5.32 Å². The van der Waals surface area contributed by atoms with Crippen LogP contribution in [0, 0.1) is 0 Å². The van der Waals surface area contributed by atoms with Gasteiger partial charge in [-0.05, 0) is 6.07 Å². The Morgan fingerprint density at radius 2 is 2.25 bits per heavy atom. The standard InChI is InChI=1S/C9H11ClN2O3S/c1-16(14,15)5-4-12-9(13)7-2-3-11-6-8(7)10/h2-3,6H,4-5H2,1H3,(H,12,13). The zero-order valence-electron chi connectivity index (χ0n) is 8.60. The minimum atomic E-state index is -3.07. The summed E-state index contributed by atoms with van der Waals surface area (Å²) < 4.78 is 21.7. The number of amides is 1. The van der Waals surface area contributed by atoms with Crippen molar-refractivity contribution in [1.29, 1.82) is 0 Å². The number of hydrogen-bond acceptors (Lipinski definition) is 4. The average molecular weight is 263 g/mol. The van der Waals surface area contributed by atoms with E-state index in [9.17, 15) is 13.2 Å². The largest absolute Gasteiger partial charge is 0.351 e. The van der Waals surface area contributed by atoms with Crippen molar-refractivity contribution in [2.24, 2.45) is 0 Å². The molecule has 1 aromatic heterocycles. The molecular formula is C9H11ClN2O3S. The molecule has 0 aliphatic rings. The zero-order chi connectivity index (χ0) is 12.2. The molecule has 0 fully saturated rings. The Morgan fingerprint density at radius 3 is 2.81 bits per heavy atom. The minimum absolute atomic E-state index is 0.0658. The van der Waals surface area contributed by atoms with Crippen LogP contribution in [0.3, 0.4) is 0 Å². The summed E-state index contributed by atoms with van der Waals surface area (Å²) in [7, 11) is -3.07. The van der Waals surface area contributed by atoms with Crippen molar-refractivity contribution in [2.75, 3.05) is 18.6 Å². The van der Waals surface area contributed by atoms with Gasteiger partial charge in [-0.2, -0.15) is 0 Å². The molecule has 1 heterocycles. The Bertz CT molecular complexity index is 487. The van der Waals surface area contributed by atoms with Crippen molar-refractivity contribution in [3.8, 4) is 0 Å². The molecule has 1 aromatic rings. The molecule has 1 amide bonds. The molecule has 0 radical (unpaired) electrons. The van der Waals surface area contributed by atoms with Crippen LogP contribution in [0.4, 0.5) is 0 Å². The van der Waals surface area contributed by atoms with Crippen LogP contribution in [0.15, 0.2) is 18.5 Å². The Morgan fingerprint density at radius 1 is 1.56 bits per heavy atom. The topological polar surface area (TPSA) is 76.1 Å². The van der Waals surface area contributed by atoms with E-state index in [1.54, 1.807) is 0 Å². The van der Waals surface area contributed by atoms with E-state index in [0.29, 0.717) is 0 Å². The molecule has 0 aliphatic heterocycles. The first kappa shape index (κ1) is 12.9. The van der Waals surface area contributed by atoms with E-state index in [2.05, 4.69) is 10.3 Å². The molecule has 0 saturated heterocycles. The summed E-state index contributed by atoms with van der Waals surface area (Å²) in [6, 6.07) is 1.47. The number of nitrogens with one attached hydrogen (secondary N) is 1. The lowest BCUT2D eigenvalue weighted by Crippen LogP contribution is -2.29. The third-order valence-electron chi connectivity index (χ3n) is 1.78. The van der Waals surface area contributed by atoms with Crippen molar-refractivity contribution < 1.29 is 13.2 Å². The molecule has 1 rings (SSSR count). The van der Waals surface area contributed by atoms with Crippen LogP contribution in [0.5, 0.6) is 0 Å². The Labute approximate surface area is 98.8 Å². The summed E-state index contributed by atoms with van der Waals surface area (Å²) in [5.41, 5.74) is 0.283. The van der Waals surface area contributed by atoms with E-state index < -0.39 is 15.7 Å². The van der Waals surface area contributed by atoms with E-state index in [1.165, 1.54) is 18.5 Å². The van der Waals surface area contributed by atoms with Crippen LogP contribution in [0.1, 0.15) is 10.4 Å². The Hall–Kier alpha value is -1.14. The smallest absolute Gasteiger partial charge is 0.252 e. The maximum atomic E-state index is 11.5. The quantitative estimate of drug-likeness (QED) is 0.858. The maximum Gasteiger partial charge on any atom is 0.252 e. The van der Waals surface area contributed by atoms with Gasteiger partial charge in [-0.1, -0.05) is 11.6 Å².